The Morgan fingerprint density at radius 2 is 1.76 bits per heavy atom. The fraction of sp³-hybridized carbons (Fsp3) is 0.641. The number of hydrogen-bond donors (Lipinski definition) is 1. The van der Waals surface area contributed by atoms with E-state index >= 15 is 4.39 Å². The number of nitrogens with zero attached hydrogens (tertiary/aromatic N) is 4. The van der Waals surface area contributed by atoms with Crippen LogP contribution in [0.1, 0.15) is 105 Å². The second-order valence-corrected chi connectivity index (χ2v) is 17.2. The summed E-state index contributed by atoms with van der Waals surface area (Å²) >= 11 is 0. The number of carboxylic acids is 1. The standard InChI is InChI=1S/C39H49FN4O2/c1-22-14-17-39(33(45)46)19-18-37(6)26(30(39)23(22)2)12-13-29-36(5)20-25-31(24-10-8-9-11-27(24)40)44-34(41-21-42-44)43-32(25)35(3,4)28(36)15-16-38(29,37)7/h8-12,21-23,28-30H,13-20H2,1-7H3,(H,45,46)/t22-,23+,28?,29?,30?,36+,37-,38-,39+/m1/s1. The molecule has 9 atom stereocenters. The Hall–Kier alpha value is -3.09. The highest BCUT2D eigenvalue weighted by Gasteiger charge is 2.69. The zero-order valence-electron chi connectivity index (χ0n) is 28.5. The number of carbonyl (C=O) groups is 1. The lowest BCUT2D eigenvalue weighted by Gasteiger charge is -2.70. The lowest BCUT2D eigenvalue weighted by atomic mass is 9.33. The van der Waals surface area contributed by atoms with E-state index in [0.29, 0.717) is 35.0 Å². The molecule has 1 N–H and O–H groups in total. The van der Waals surface area contributed by atoms with Crippen molar-refractivity contribution < 1.29 is 14.3 Å². The molecule has 1 aromatic carbocycles. The van der Waals surface area contributed by atoms with E-state index in [1.165, 1.54) is 18.0 Å². The van der Waals surface area contributed by atoms with Crippen molar-refractivity contribution in [2.24, 2.45) is 51.2 Å². The van der Waals surface area contributed by atoms with Gasteiger partial charge in [0.15, 0.2) is 0 Å². The maximum Gasteiger partial charge on any atom is 0.310 e. The number of rotatable bonds is 2. The molecule has 7 heteroatoms. The number of aromatic nitrogens is 4. The largest absolute Gasteiger partial charge is 0.481 e. The maximum atomic E-state index is 15.6. The average molecular weight is 625 g/mol. The van der Waals surface area contributed by atoms with E-state index in [1.807, 2.05) is 12.1 Å². The van der Waals surface area contributed by atoms with Crippen LogP contribution in [0.5, 0.6) is 0 Å². The first-order valence-corrected chi connectivity index (χ1v) is 17.6. The zero-order valence-corrected chi connectivity index (χ0v) is 28.5. The maximum absolute atomic E-state index is 15.6. The van der Waals surface area contributed by atoms with Gasteiger partial charge in [-0.15, -0.1) is 0 Å². The van der Waals surface area contributed by atoms with E-state index in [4.69, 9.17) is 4.98 Å². The SMILES string of the molecule is C[C@@H]1CC[C@]2(C(=O)O)CC[C@]3(C)C(=CCC4[C@@]5(C)Cc6c(nc7ncnn7c6-c6ccccc6F)C(C)(C)C5CC[C@]43C)C2[C@H]1C. The van der Waals surface area contributed by atoms with Gasteiger partial charge in [-0.2, -0.15) is 14.6 Å². The van der Waals surface area contributed by atoms with Crippen molar-refractivity contribution >= 4 is 11.7 Å². The normalized spacial score (nSPS) is 41.0. The van der Waals surface area contributed by atoms with Gasteiger partial charge in [0.1, 0.15) is 12.1 Å². The molecule has 2 heterocycles. The molecule has 3 unspecified atom stereocenters. The highest BCUT2D eigenvalue weighted by atomic mass is 19.1. The molecule has 0 spiro atoms. The number of fused-ring (bicyclic) bond motifs is 9. The Kier molecular flexibility index (Phi) is 6.25. The molecule has 2 aromatic heterocycles. The van der Waals surface area contributed by atoms with Crippen molar-refractivity contribution in [1.29, 1.82) is 0 Å². The summed E-state index contributed by atoms with van der Waals surface area (Å²) < 4.78 is 17.4. The first kappa shape index (κ1) is 30.3. The van der Waals surface area contributed by atoms with Gasteiger partial charge in [0.05, 0.1) is 16.8 Å². The lowest BCUT2D eigenvalue weighted by Crippen LogP contribution is -2.65. The number of aliphatic carboxylic acids is 1. The molecule has 3 aromatic rings. The summed E-state index contributed by atoms with van der Waals surface area (Å²) in [4.78, 5) is 22.7. The molecule has 8 rings (SSSR count). The van der Waals surface area contributed by atoms with Gasteiger partial charge in [-0.1, -0.05) is 72.2 Å². The van der Waals surface area contributed by atoms with Crippen LogP contribution >= 0.6 is 0 Å². The molecule has 0 aliphatic heterocycles. The quantitative estimate of drug-likeness (QED) is 0.289. The molecule has 46 heavy (non-hydrogen) atoms. The van der Waals surface area contributed by atoms with Crippen LogP contribution < -0.4 is 0 Å². The van der Waals surface area contributed by atoms with Crippen LogP contribution in [0.3, 0.4) is 0 Å². The fourth-order valence-corrected chi connectivity index (χ4v) is 12.7. The van der Waals surface area contributed by atoms with Crippen LogP contribution in [0.2, 0.25) is 0 Å². The third kappa shape index (κ3) is 3.53. The van der Waals surface area contributed by atoms with Gasteiger partial charge in [0, 0.05) is 16.5 Å². The monoisotopic (exact) mass is 624 g/mol. The summed E-state index contributed by atoms with van der Waals surface area (Å²) in [6.45, 7) is 16.9. The molecule has 0 bridgehead atoms. The Bertz CT molecular complexity index is 1810. The van der Waals surface area contributed by atoms with Crippen molar-refractivity contribution in [3.8, 4) is 11.3 Å². The van der Waals surface area contributed by atoms with Gasteiger partial charge >= 0.3 is 5.97 Å². The van der Waals surface area contributed by atoms with Gasteiger partial charge < -0.3 is 5.11 Å². The van der Waals surface area contributed by atoms with Crippen molar-refractivity contribution in [3.05, 3.63) is 59.3 Å². The number of halogens is 1. The number of benzene rings is 1. The molecule has 5 aliphatic rings. The molecule has 3 fully saturated rings. The number of carboxylic acid groups (broad SMARTS) is 1. The third-order valence-corrected chi connectivity index (χ3v) is 15.4. The topological polar surface area (TPSA) is 80.4 Å². The van der Waals surface area contributed by atoms with E-state index in [0.717, 1.165) is 68.3 Å². The number of hydrogen-bond acceptors (Lipinski definition) is 4. The molecule has 0 radical (unpaired) electrons. The summed E-state index contributed by atoms with van der Waals surface area (Å²) in [5.41, 5.74) is 3.90. The molecule has 6 nitrogen and oxygen atoms in total. The predicted molar refractivity (Wildman–Crippen MR) is 176 cm³/mol. The lowest BCUT2D eigenvalue weighted by molar-refractivity contribution is -0.179. The zero-order chi connectivity index (χ0) is 32.6. The second-order valence-electron chi connectivity index (χ2n) is 17.2. The van der Waals surface area contributed by atoms with Crippen molar-refractivity contribution in [2.75, 3.05) is 0 Å². The minimum atomic E-state index is -0.642. The van der Waals surface area contributed by atoms with Gasteiger partial charge in [-0.25, -0.2) is 9.37 Å². The van der Waals surface area contributed by atoms with Crippen LogP contribution in [-0.4, -0.2) is 30.7 Å². The summed E-state index contributed by atoms with van der Waals surface area (Å²) in [5, 5.41) is 15.3. The minimum absolute atomic E-state index is 0.0178. The van der Waals surface area contributed by atoms with E-state index in [-0.39, 0.29) is 33.4 Å². The Labute approximate surface area is 272 Å². The van der Waals surface area contributed by atoms with Gasteiger partial charge in [-0.05, 0) is 109 Å². The van der Waals surface area contributed by atoms with Crippen LogP contribution in [0.4, 0.5) is 4.39 Å². The number of allylic oxidation sites excluding steroid dienone is 2. The fourth-order valence-electron chi connectivity index (χ4n) is 12.7. The Morgan fingerprint density at radius 3 is 2.50 bits per heavy atom. The van der Waals surface area contributed by atoms with E-state index in [1.54, 1.807) is 10.6 Å². The smallest absolute Gasteiger partial charge is 0.310 e. The van der Waals surface area contributed by atoms with Crippen LogP contribution in [0.15, 0.2) is 42.2 Å². The van der Waals surface area contributed by atoms with Gasteiger partial charge in [0.25, 0.3) is 5.78 Å². The van der Waals surface area contributed by atoms with Crippen molar-refractivity contribution in [3.63, 3.8) is 0 Å². The molecular formula is C39H49FN4O2. The van der Waals surface area contributed by atoms with E-state index in [2.05, 4.69) is 64.6 Å². The molecule has 5 aliphatic carbocycles. The summed E-state index contributed by atoms with van der Waals surface area (Å²) in [6, 6.07) is 7.02. The molecule has 244 valence electrons. The van der Waals surface area contributed by atoms with E-state index < -0.39 is 11.4 Å². The predicted octanol–water partition coefficient (Wildman–Crippen LogP) is 8.69. The summed E-state index contributed by atoms with van der Waals surface area (Å²) in [6.07, 6.45) is 11.5. The molecular weight excluding hydrogens is 575 g/mol. The Balaban J connectivity index is 1.31. The molecule has 0 saturated heterocycles. The third-order valence-electron chi connectivity index (χ3n) is 15.4. The van der Waals surface area contributed by atoms with Crippen LogP contribution in [0.25, 0.3) is 17.0 Å². The first-order chi connectivity index (χ1) is 21.7. The molecule has 3 saturated carbocycles. The van der Waals surface area contributed by atoms with Gasteiger partial charge in [-0.3, -0.25) is 4.79 Å². The highest BCUT2D eigenvalue weighted by molar-refractivity contribution is 5.77. The Morgan fingerprint density at radius 1 is 1.00 bits per heavy atom. The average Bonchev–Trinajstić information content (AvgIpc) is 3.47. The minimum Gasteiger partial charge on any atom is -0.481 e. The van der Waals surface area contributed by atoms with Crippen LogP contribution in [0, 0.1) is 57.1 Å². The van der Waals surface area contributed by atoms with Gasteiger partial charge in [0.2, 0.25) is 0 Å². The second kappa shape index (κ2) is 9.50. The van der Waals surface area contributed by atoms with Crippen molar-refractivity contribution in [2.45, 2.75) is 105 Å². The molecule has 0 amide bonds. The van der Waals surface area contributed by atoms with Crippen molar-refractivity contribution in [1.82, 2.24) is 19.6 Å². The summed E-state index contributed by atoms with van der Waals surface area (Å²) in [7, 11) is 0. The summed E-state index contributed by atoms with van der Waals surface area (Å²) in [5.74, 6) is 1.43. The van der Waals surface area contributed by atoms with Crippen LogP contribution in [-0.2, 0) is 16.6 Å². The first-order valence-electron chi connectivity index (χ1n) is 17.6. The van der Waals surface area contributed by atoms with E-state index in [9.17, 15) is 9.90 Å². The highest BCUT2D eigenvalue weighted by Crippen LogP contribution is 2.75.